The number of furan rings is 1. The largest absolute Gasteiger partial charge is 0.467 e. The first-order valence-electron chi connectivity index (χ1n) is 7.14. The summed E-state index contributed by atoms with van der Waals surface area (Å²) in [6.45, 7) is 6.61. The third-order valence-electron chi connectivity index (χ3n) is 5.15. The second-order valence-electron chi connectivity index (χ2n) is 6.49. The van der Waals surface area contributed by atoms with E-state index in [4.69, 9.17) is 14.9 Å². The van der Waals surface area contributed by atoms with Crippen LogP contribution in [0.1, 0.15) is 39.0 Å². The fraction of sp³-hybridized carbons (Fsp3) is 0.667. The Morgan fingerprint density at radius 2 is 2.30 bits per heavy atom. The van der Waals surface area contributed by atoms with Crippen LogP contribution in [0.3, 0.4) is 0 Å². The molecule has 1 aliphatic heterocycles. The lowest BCUT2D eigenvalue weighted by Crippen LogP contribution is -2.80. The zero-order valence-electron chi connectivity index (χ0n) is 12.2. The van der Waals surface area contributed by atoms with Crippen LogP contribution >= 0.6 is 0 Å². The van der Waals surface area contributed by atoms with Gasteiger partial charge in [0.2, 0.25) is 5.91 Å². The predicted molar refractivity (Wildman–Crippen MR) is 73.8 cm³/mol. The van der Waals surface area contributed by atoms with Gasteiger partial charge in [0, 0.05) is 17.9 Å². The van der Waals surface area contributed by atoms with Crippen LogP contribution in [0.4, 0.5) is 0 Å². The molecule has 1 aromatic heterocycles. The number of carbonyl (C=O) groups excluding carboxylic acids is 1. The highest BCUT2D eigenvalue weighted by molar-refractivity contribution is 5.89. The summed E-state index contributed by atoms with van der Waals surface area (Å²) in [5.41, 5.74) is 5.28. The number of hydrogen-bond acceptors (Lipinski definition) is 4. The van der Waals surface area contributed by atoms with E-state index in [1.807, 2.05) is 32.9 Å². The highest BCUT2D eigenvalue weighted by Gasteiger charge is 2.71. The number of rotatable bonds is 3. The van der Waals surface area contributed by atoms with E-state index < -0.39 is 5.54 Å². The number of nitrogens with one attached hydrogen (secondary N) is 1. The van der Waals surface area contributed by atoms with Crippen LogP contribution in [0, 0.1) is 11.3 Å². The Kier molecular flexibility index (Phi) is 2.95. The van der Waals surface area contributed by atoms with Crippen molar-refractivity contribution in [3.63, 3.8) is 0 Å². The zero-order chi connectivity index (χ0) is 14.5. The topological polar surface area (TPSA) is 77.5 Å². The molecule has 2 fully saturated rings. The molecule has 1 aliphatic carbocycles. The van der Waals surface area contributed by atoms with Crippen LogP contribution < -0.4 is 11.1 Å². The highest BCUT2D eigenvalue weighted by atomic mass is 16.5. The maximum atomic E-state index is 12.7. The van der Waals surface area contributed by atoms with Crippen LogP contribution in [0.15, 0.2) is 22.8 Å². The average molecular weight is 278 g/mol. The lowest BCUT2D eigenvalue weighted by atomic mass is 9.48. The minimum Gasteiger partial charge on any atom is -0.467 e. The first-order chi connectivity index (χ1) is 9.39. The predicted octanol–water partition coefficient (Wildman–Crippen LogP) is 1.60. The molecule has 1 saturated carbocycles. The number of amides is 1. The van der Waals surface area contributed by atoms with Crippen molar-refractivity contribution in [2.24, 2.45) is 17.1 Å². The summed E-state index contributed by atoms with van der Waals surface area (Å²) < 4.78 is 11.0. The first kappa shape index (κ1) is 13.6. The summed E-state index contributed by atoms with van der Waals surface area (Å²) in [5.74, 6) is 0.734. The number of carbonyl (C=O) groups is 1. The lowest BCUT2D eigenvalue weighted by Gasteiger charge is -2.60. The molecule has 0 radical (unpaired) electrons. The smallest absolute Gasteiger partial charge is 0.241 e. The Balaban J connectivity index is 1.77. The highest BCUT2D eigenvalue weighted by Crippen LogP contribution is 2.58. The number of nitrogens with two attached hydrogens (primary N) is 1. The van der Waals surface area contributed by atoms with Crippen molar-refractivity contribution in [2.75, 3.05) is 6.61 Å². The molecule has 1 aromatic rings. The number of hydrogen-bond donors (Lipinski definition) is 2. The minimum atomic E-state index is -0.866. The van der Waals surface area contributed by atoms with Gasteiger partial charge in [0.05, 0.1) is 18.4 Å². The molecule has 2 aliphatic rings. The summed E-state index contributed by atoms with van der Waals surface area (Å²) >= 11 is 0. The fourth-order valence-electron chi connectivity index (χ4n) is 3.77. The van der Waals surface area contributed by atoms with Gasteiger partial charge in [-0.2, -0.15) is 0 Å². The molecule has 0 aromatic carbocycles. The van der Waals surface area contributed by atoms with Crippen LogP contribution in [-0.2, 0) is 9.53 Å². The molecule has 4 atom stereocenters. The average Bonchev–Trinajstić information content (AvgIpc) is 3.07. The van der Waals surface area contributed by atoms with Crippen LogP contribution in [0.2, 0.25) is 0 Å². The SMILES string of the molecule is C[C@H](NC(=O)C1(N)C2CCOC2C1(C)C)c1ccco1. The second-order valence-corrected chi connectivity index (χ2v) is 6.49. The van der Waals surface area contributed by atoms with Gasteiger partial charge in [0.15, 0.2) is 0 Å². The van der Waals surface area contributed by atoms with E-state index in [1.165, 1.54) is 0 Å². The third kappa shape index (κ3) is 1.59. The van der Waals surface area contributed by atoms with Gasteiger partial charge in [0.25, 0.3) is 0 Å². The fourth-order valence-corrected chi connectivity index (χ4v) is 3.77. The summed E-state index contributed by atoms with van der Waals surface area (Å²) in [6, 6.07) is 3.47. The molecule has 2 heterocycles. The standard InChI is InChI=1S/C15H22N2O3/c1-9(11-5-4-7-19-11)17-13(18)15(16)10-6-8-20-12(10)14(15,2)3/h4-5,7,9-10,12H,6,8,16H2,1-3H3,(H,17,18)/t9-,10?,12?,15?/m0/s1. The molecule has 110 valence electrons. The van der Waals surface area contributed by atoms with Crippen molar-refractivity contribution < 1.29 is 13.9 Å². The van der Waals surface area contributed by atoms with E-state index in [2.05, 4.69) is 5.32 Å². The Labute approximate surface area is 118 Å². The molecular weight excluding hydrogens is 256 g/mol. The maximum absolute atomic E-state index is 12.7. The van der Waals surface area contributed by atoms with E-state index in [0.717, 1.165) is 12.2 Å². The van der Waals surface area contributed by atoms with Crippen molar-refractivity contribution in [1.29, 1.82) is 0 Å². The minimum absolute atomic E-state index is 0.0946. The quantitative estimate of drug-likeness (QED) is 0.880. The lowest BCUT2D eigenvalue weighted by molar-refractivity contribution is -0.176. The maximum Gasteiger partial charge on any atom is 0.241 e. The van der Waals surface area contributed by atoms with Crippen molar-refractivity contribution in [2.45, 2.75) is 44.9 Å². The van der Waals surface area contributed by atoms with E-state index in [1.54, 1.807) is 6.26 Å². The summed E-state index contributed by atoms with van der Waals surface area (Å²) in [7, 11) is 0. The first-order valence-corrected chi connectivity index (χ1v) is 7.14. The van der Waals surface area contributed by atoms with Gasteiger partial charge in [0.1, 0.15) is 11.3 Å². The number of ether oxygens (including phenoxy) is 1. The Morgan fingerprint density at radius 1 is 1.55 bits per heavy atom. The monoisotopic (exact) mass is 278 g/mol. The number of fused-ring (bicyclic) bond motifs is 1. The molecule has 3 rings (SSSR count). The molecule has 5 nitrogen and oxygen atoms in total. The van der Waals surface area contributed by atoms with Gasteiger partial charge in [-0.1, -0.05) is 13.8 Å². The molecular formula is C15H22N2O3. The molecule has 1 amide bonds. The van der Waals surface area contributed by atoms with Crippen molar-refractivity contribution in [3.05, 3.63) is 24.2 Å². The van der Waals surface area contributed by atoms with Gasteiger partial charge in [-0.25, -0.2) is 0 Å². The van der Waals surface area contributed by atoms with Crippen molar-refractivity contribution >= 4 is 5.91 Å². The van der Waals surface area contributed by atoms with Crippen LogP contribution in [0.5, 0.6) is 0 Å². The molecule has 3 unspecified atom stereocenters. The normalized spacial score (nSPS) is 36.0. The molecule has 0 bridgehead atoms. The zero-order valence-corrected chi connectivity index (χ0v) is 12.2. The van der Waals surface area contributed by atoms with E-state index in [9.17, 15) is 4.79 Å². The van der Waals surface area contributed by atoms with Gasteiger partial charge in [-0.05, 0) is 25.5 Å². The van der Waals surface area contributed by atoms with Gasteiger partial charge in [-0.15, -0.1) is 0 Å². The molecule has 3 N–H and O–H groups in total. The third-order valence-corrected chi connectivity index (χ3v) is 5.15. The van der Waals surface area contributed by atoms with E-state index in [-0.39, 0.29) is 29.4 Å². The molecule has 20 heavy (non-hydrogen) atoms. The van der Waals surface area contributed by atoms with E-state index >= 15 is 0 Å². The summed E-state index contributed by atoms with van der Waals surface area (Å²) in [5, 5.41) is 2.98. The van der Waals surface area contributed by atoms with Crippen LogP contribution in [-0.4, -0.2) is 24.2 Å². The van der Waals surface area contributed by atoms with Crippen LogP contribution in [0.25, 0.3) is 0 Å². The van der Waals surface area contributed by atoms with Gasteiger partial charge in [-0.3, -0.25) is 4.79 Å². The van der Waals surface area contributed by atoms with E-state index in [0.29, 0.717) is 6.61 Å². The van der Waals surface area contributed by atoms with Crippen molar-refractivity contribution in [1.82, 2.24) is 5.32 Å². The molecule has 5 heteroatoms. The Hall–Kier alpha value is -1.33. The van der Waals surface area contributed by atoms with Gasteiger partial charge >= 0.3 is 0 Å². The second kappa shape index (κ2) is 4.33. The molecule has 0 spiro atoms. The summed E-state index contributed by atoms with van der Waals surface area (Å²) in [6.07, 6.45) is 2.55. The summed E-state index contributed by atoms with van der Waals surface area (Å²) in [4.78, 5) is 12.7. The Bertz CT molecular complexity index is 511. The molecule has 1 saturated heterocycles. The van der Waals surface area contributed by atoms with Gasteiger partial charge < -0.3 is 20.2 Å². The van der Waals surface area contributed by atoms with Crippen molar-refractivity contribution in [3.8, 4) is 0 Å². The Morgan fingerprint density at radius 3 is 2.95 bits per heavy atom.